The molecule has 2 atom stereocenters. The number of aliphatic hydroxyl groups excluding tert-OH is 1. The van der Waals surface area contributed by atoms with E-state index in [0.29, 0.717) is 12.3 Å². The highest BCUT2D eigenvalue weighted by Gasteiger charge is 2.43. The summed E-state index contributed by atoms with van der Waals surface area (Å²) >= 11 is 0. The predicted molar refractivity (Wildman–Crippen MR) is 58.4 cm³/mol. The zero-order chi connectivity index (χ0) is 10.9. The van der Waals surface area contributed by atoms with E-state index >= 15 is 0 Å². The lowest BCUT2D eigenvalue weighted by atomic mass is 9.76. The van der Waals surface area contributed by atoms with Gasteiger partial charge in [0, 0.05) is 13.0 Å². The molecule has 3 nitrogen and oxygen atoms in total. The molecule has 0 radical (unpaired) electrons. The van der Waals surface area contributed by atoms with Crippen LogP contribution in [0.2, 0.25) is 0 Å². The number of nitrogens with zero attached hydrogens (tertiary/aromatic N) is 1. The number of hydrogen-bond acceptors (Lipinski definition) is 2. The SMILES string of the molecule is CC1CCCC(CO)(N2CCCC2=O)C1. The summed E-state index contributed by atoms with van der Waals surface area (Å²) in [7, 11) is 0. The first-order valence-electron chi connectivity index (χ1n) is 6.09. The van der Waals surface area contributed by atoms with Crippen molar-refractivity contribution in [1.82, 2.24) is 4.90 Å². The Morgan fingerprint density at radius 3 is 2.87 bits per heavy atom. The quantitative estimate of drug-likeness (QED) is 0.753. The van der Waals surface area contributed by atoms with Crippen molar-refractivity contribution in [2.75, 3.05) is 13.2 Å². The lowest BCUT2D eigenvalue weighted by Gasteiger charge is -2.45. The summed E-state index contributed by atoms with van der Waals surface area (Å²) in [6.45, 7) is 3.22. The number of hydrogen-bond donors (Lipinski definition) is 1. The average molecular weight is 211 g/mol. The lowest BCUT2D eigenvalue weighted by Crippen LogP contribution is -2.54. The second-order valence-corrected chi connectivity index (χ2v) is 5.23. The molecule has 1 aliphatic heterocycles. The van der Waals surface area contributed by atoms with Crippen molar-refractivity contribution in [1.29, 1.82) is 0 Å². The van der Waals surface area contributed by atoms with Crippen LogP contribution in [0.25, 0.3) is 0 Å². The summed E-state index contributed by atoms with van der Waals surface area (Å²) in [5, 5.41) is 9.64. The van der Waals surface area contributed by atoms with E-state index in [1.807, 2.05) is 4.90 Å². The molecule has 0 spiro atoms. The Hall–Kier alpha value is -0.570. The van der Waals surface area contributed by atoms with Gasteiger partial charge in [-0.25, -0.2) is 0 Å². The zero-order valence-electron chi connectivity index (χ0n) is 9.54. The first-order chi connectivity index (χ1) is 7.18. The molecule has 2 rings (SSSR count). The first kappa shape index (κ1) is 10.9. The topological polar surface area (TPSA) is 40.5 Å². The third kappa shape index (κ3) is 1.89. The van der Waals surface area contributed by atoms with Crippen molar-refractivity contribution >= 4 is 5.91 Å². The third-order valence-electron chi connectivity index (χ3n) is 4.01. The van der Waals surface area contributed by atoms with Crippen LogP contribution in [0.15, 0.2) is 0 Å². The van der Waals surface area contributed by atoms with Crippen molar-refractivity contribution in [2.45, 2.75) is 51.0 Å². The summed E-state index contributed by atoms with van der Waals surface area (Å²) in [6, 6.07) is 0. The van der Waals surface area contributed by atoms with Gasteiger partial charge in [-0.05, 0) is 25.2 Å². The molecule has 1 amide bonds. The lowest BCUT2D eigenvalue weighted by molar-refractivity contribution is -0.137. The normalized spacial score (nSPS) is 37.3. The van der Waals surface area contributed by atoms with Crippen molar-refractivity contribution in [2.24, 2.45) is 5.92 Å². The maximum atomic E-state index is 11.8. The average Bonchev–Trinajstić information content (AvgIpc) is 2.65. The van der Waals surface area contributed by atoms with Gasteiger partial charge in [0.2, 0.25) is 5.91 Å². The summed E-state index contributed by atoms with van der Waals surface area (Å²) in [5.74, 6) is 0.887. The highest BCUT2D eigenvalue weighted by atomic mass is 16.3. The molecular formula is C12H21NO2. The minimum absolute atomic E-state index is 0.142. The molecule has 0 aromatic rings. The molecule has 2 unspecified atom stereocenters. The fourth-order valence-corrected chi connectivity index (χ4v) is 3.26. The van der Waals surface area contributed by atoms with Crippen molar-refractivity contribution < 1.29 is 9.90 Å². The Morgan fingerprint density at radius 2 is 2.33 bits per heavy atom. The van der Waals surface area contributed by atoms with Crippen molar-refractivity contribution in [3.05, 3.63) is 0 Å². The monoisotopic (exact) mass is 211 g/mol. The Morgan fingerprint density at radius 1 is 1.53 bits per heavy atom. The highest BCUT2D eigenvalue weighted by Crippen LogP contribution is 2.38. The molecule has 0 bridgehead atoms. The summed E-state index contributed by atoms with van der Waals surface area (Å²) in [6.07, 6.45) is 6.00. The van der Waals surface area contributed by atoms with Crippen LogP contribution in [-0.4, -0.2) is 34.6 Å². The third-order valence-corrected chi connectivity index (χ3v) is 4.01. The van der Waals surface area contributed by atoms with Crippen molar-refractivity contribution in [3.63, 3.8) is 0 Å². The van der Waals surface area contributed by atoms with E-state index in [1.54, 1.807) is 0 Å². The van der Waals surface area contributed by atoms with Gasteiger partial charge in [-0.3, -0.25) is 4.79 Å². The number of amides is 1. The second kappa shape index (κ2) is 4.12. The van der Waals surface area contributed by atoms with Crippen LogP contribution in [0.5, 0.6) is 0 Å². The van der Waals surface area contributed by atoms with Gasteiger partial charge in [0.05, 0.1) is 12.1 Å². The Bertz CT molecular complexity index is 254. The molecule has 2 fully saturated rings. The van der Waals surface area contributed by atoms with Crippen LogP contribution in [0.4, 0.5) is 0 Å². The van der Waals surface area contributed by atoms with Crippen molar-refractivity contribution in [3.8, 4) is 0 Å². The molecule has 1 heterocycles. The van der Waals surface area contributed by atoms with E-state index in [0.717, 1.165) is 32.2 Å². The highest BCUT2D eigenvalue weighted by molar-refractivity contribution is 5.79. The Labute approximate surface area is 91.5 Å². The summed E-state index contributed by atoms with van der Waals surface area (Å²) in [4.78, 5) is 13.7. The number of likely N-dealkylation sites (tertiary alicyclic amines) is 1. The summed E-state index contributed by atoms with van der Waals surface area (Å²) in [5.41, 5.74) is -0.217. The number of carbonyl (C=O) groups is 1. The van der Waals surface area contributed by atoms with E-state index in [2.05, 4.69) is 6.92 Å². The predicted octanol–water partition coefficient (Wildman–Crippen LogP) is 1.55. The first-order valence-corrected chi connectivity index (χ1v) is 6.09. The Balaban J connectivity index is 2.16. The largest absolute Gasteiger partial charge is 0.394 e. The number of rotatable bonds is 2. The maximum Gasteiger partial charge on any atom is 0.223 e. The van der Waals surface area contributed by atoms with E-state index in [-0.39, 0.29) is 18.1 Å². The molecule has 1 N–H and O–H groups in total. The molecule has 3 heteroatoms. The van der Waals surface area contributed by atoms with Crippen LogP contribution < -0.4 is 0 Å². The van der Waals surface area contributed by atoms with Gasteiger partial charge in [0.1, 0.15) is 0 Å². The van der Waals surface area contributed by atoms with Gasteiger partial charge in [0.15, 0.2) is 0 Å². The fourth-order valence-electron chi connectivity index (χ4n) is 3.26. The molecule has 1 saturated carbocycles. The van der Waals surface area contributed by atoms with Crippen LogP contribution >= 0.6 is 0 Å². The molecule has 1 aliphatic carbocycles. The molecule has 15 heavy (non-hydrogen) atoms. The van der Waals surface area contributed by atoms with Crippen LogP contribution in [-0.2, 0) is 4.79 Å². The molecule has 0 aromatic heterocycles. The molecule has 1 saturated heterocycles. The summed E-state index contributed by atoms with van der Waals surface area (Å²) < 4.78 is 0. The number of aliphatic hydroxyl groups is 1. The van der Waals surface area contributed by atoms with Gasteiger partial charge in [-0.1, -0.05) is 19.8 Å². The minimum atomic E-state index is -0.217. The maximum absolute atomic E-state index is 11.8. The van der Waals surface area contributed by atoms with Gasteiger partial charge in [-0.2, -0.15) is 0 Å². The van der Waals surface area contributed by atoms with E-state index in [9.17, 15) is 9.90 Å². The number of carbonyl (C=O) groups excluding carboxylic acids is 1. The van der Waals surface area contributed by atoms with Gasteiger partial charge >= 0.3 is 0 Å². The molecular weight excluding hydrogens is 190 g/mol. The van der Waals surface area contributed by atoms with E-state index in [1.165, 1.54) is 6.42 Å². The van der Waals surface area contributed by atoms with Gasteiger partial charge < -0.3 is 10.0 Å². The van der Waals surface area contributed by atoms with Crippen LogP contribution in [0, 0.1) is 5.92 Å². The van der Waals surface area contributed by atoms with Gasteiger partial charge in [-0.15, -0.1) is 0 Å². The second-order valence-electron chi connectivity index (χ2n) is 5.23. The molecule has 0 aromatic carbocycles. The standard InChI is InChI=1S/C12H21NO2/c1-10-4-2-6-12(8-10,9-14)13-7-3-5-11(13)15/h10,14H,2-9H2,1H3. The molecule has 86 valence electrons. The van der Waals surface area contributed by atoms with Crippen LogP contribution in [0.3, 0.4) is 0 Å². The molecule has 2 aliphatic rings. The minimum Gasteiger partial charge on any atom is -0.394 e. The van der Waals surface area contributed by atoms with Crippen LogP contribution in [0.1, 0.15) is 45.4 Å². The smallest absolute Gasteiger partial charge is 0.223 e. The fraction of sp³-hybridized carbons (Fsp3) is 0.917. The zero-order valence-corrected chi connectivity index (χ0v) is 9.54. The Kier molecular flexibility index (Phi) is 3.01. The van der Waals surface area contributed by atoms with E-state index < -0.39 is 0 Å². The van der Waals surface area contributed by atoms with Gasteiger partial charge in [0.25, 0.3) is 0 Å². The van der Waals surface area contributed by atoms with E-state index in [4.69, 9.17) is 0 Å².